The van der Waals surface area contributed by atoms with Crippen LogP contribution in [-0.2, 0) is 23.2 Å². The molecule has 1 aromatic carbocycles. The number of aromatic nitrogens is 4. The highest BCUT2D eigenvalue weighted by Gasteiger charge is 2.31. The highest BCUT2D eigenvalue weighted by atomic mass is 31.2. The number of rotatable bonds is 11. The maximum Gasteiger partial charge on any atom is 0.529 e. The molecule has 1 fully saturated rings. The lowest BCUT2D eigenvalue weighted by atomic mass is 10.1. The Kier molecular flexibility index (Phi) is 7.11. The number of benzene rings is 1. The molecule has 5 rings (SSSR count). The van der Waals surface area contributed by atoms with E-state index in [9.17, 15) is 14.3 Å². The Hall–Kier alpha value is -3.51. The molecule has 2 aliphatic rings. The first-order valence-electron chi connectivity index (χ1n) is 11.8. The predicted molar refractivity (Wildman–Crippen MR) is 135 cm³/mol. The van der Waals surface area contributed by atoms with Gasteiger partial charge >= 0.3 is 13.8 Å². The maximum atomic E-state index is 12.4. The highest BCUT2D eigenvalue weighted by Crippen LogP contribution is 2.45. The highest BCUT2D eigenvalue weighted by molar-refractivity contribution is 7.48. The van der Waals surface area contributed by atoms with Gasteiger partial charge in [-0.3, -0.25) is 14.3 Å². The molecule has 14 heteroatoms. The molecular weight excluding hydrogens is 501 g/mol. The normalized spacial score (nSPS) is 20.6. The van der Waals surface area contributed by atoms with Gasteiger partial charge in [-0.25, -0.2) is 19.4 Å². The molecule has 0 aliphatic heterocycles. The Balaban J connectivity index is 1.16. The number of hydrogen-bond donors (Lipinski definition) is 3. The molecule has 0 saturated heterocycles. The Labute approximate surface area is 212 Å². The predicted octanol–water partition coefficient (Wildman–Crippen LogP) is 2.83. The number of hydrogen-bond acceptors (Lipinski definition) is 11. The number of phosphoric ester groups is 1. The number of nitrogens with two attached hydrogens (primary N) is 1. The van der Waals surface area contributed by atoms with Crippen molar-refractivity contribution in [3.63, 3.8) is 0 Å². The molecule has 3 aromatic rings. The second kappa shape index (κ2) is 10.5. The van der Waals surface area contributed by atoms with Crippen molar-refractivity contribution in [2.45, 2.75) is 31.3 Å². The van der Waals surface area contributed by atoms with E-state index in [2.05, 4.69) is 20.3 Å². The average Bonchev–Trinajstić information content (AvgIpc) is 3.38. The van der Waals surface area contributed by atoms with Crippen molar-refractivity contribution in [2.75, 3.05) is 36.4 Å². The van der Waals surface area contributed by atoms with E-state index in [0.717, 1.165) is 12.8 Å². The lowest BCUT2D eigenvalue weighted by molar-refractivity contribution is -0.135. The van der Waals surface area contributed by atoms with Gasteiger partial charge in [0.25, 0.3) is 0 Å². The van der Waals surface area contributed by atoms with E-state index in [1.54, 1.807) is 30.6 Å². The number of hydroxylamine groups is 1. The van der Waals surface area contributed by atoms with Crippen molar-refractivity contribution in [1.82, 2.24) is 19.5 Å². The van der Waals surface area contributed by atoms with Crippen LogP contribution in [0, 0.1) is 5.92 Å². The minimum absolute atomic E-state index is 0.108. The fraction of sp³-hybridized carbons (Fsp3) is 0.391. The van der Waals surface area contributed by atoms with Crippen molar-refractivity contribution in [2.24, 2.45) is 5.92 Å². The number of fused-ring (bicyclic) bond motifs is 1. The number of carbonyl (C=O) groups excluding carboxylic acids is 1. The lowest BCUT2D eigenvalue weighted by Crippen LogP contribution is -2.29. The fourth-order valence-electron chi connectivity index (χ4n) is 4.13. The van der Waals surface area contributed by atoms with Crippen LogP contribution in [0.2, 0.25) is 0 Å². The number of nitrogens with one attached hydrogen (secondary N) is 1. The molecule has 1 unspecified atom stereocenters. The van der Waals surface area contributed by atoms with Crippen LogP contribution in [0.3, 0.4) is 0 Å². The molecule has 0 bridgehead atoms. The molecule has 2 aromatic heterocycles. The number of carbonyl (C=O) groups is 1. The minimum atomic E-state index is -4.63. The second-order valence-corrected chi connectivity index (χ2v) is 10.3. The van der Waals surface area contributed by atoms with Crippen LogP contribution in [0.15, 0.2) is 48.8 Å². The summed E-state index contributed by atoms with van der Waals surface area (Å²) in [5, 5.41) is 4.57. The van der Waals surface area contributed by atoms with Gasteiger partial charge in [-0.2, -0.15) is 9.97 Å². The van der Waals surface area contributed by atoms with Gasteiger partial charge in [-0.1, -0.05) is 30.4 Å². The first-order chi connectivity index (χ1) is 17.8. The molecule has 2 aliphatic carbocycles. The third-order valence-electron chi connectivity index (χ3n) is 6.07. The van der Waals surface area contributed by atoms with E-state index < -0.39 is 20.3 Å². The molecular formula is C23H28N7O6P. The van der Waals surface area contributed by atoms with Crippen LogP contribution in [-0.4, -0.2) is 56.7 Å². The molecule has 0 radical (unpaired) electrons. The molecule has 13 nitrogen and oxygen atoms in total. The van der Waals surface area contributed by atoms with Crippen molar-refractivity contribution < 1.29 is 28.1 Å². The maximum absolute atomic E-state index is 12.4. The summed E-state index contributed by atoms with van der Waals surface area (Å²) in [6.07, 6.45) is 8.25. The number of para-hydroxylation sites is 1. The standard InChI is InChI=1S/C23H28N7O6P/c1-34-30(17-5-3-2-4-6-17)12-19(31)36-37(32,33)35-13-15-7-10-18(11-15)29-14-25-20-21(26-16-8-9-16)27-23(24)28-22(20)29/h2-7,10,14-16,18H,8-9,11-13H2,1H3,(H,32,33)(H3,24,26,27,28)/t15-,18+/m1/s1. The largest absolute Gasteiger partial charge is 0.529 e. The summed E-state index contributed by atoms with van der Waals surface area (Å²) in [7, 11) is -3.25. The van der Waals surface area contributed by atoms with Gasteiger partial charge < -0.3 is 20.1 Å². The molecule has 0 spiro atoms. The van der Waals surface area contributed by atoms with E-state index >= 15 is 0 Å². The second-order valence-electron chi connectivity index (χ2n) is 8.90. The number of phosphoric acid groups is 1. The van der Waals surface area contributed by atoms with Gasteiger partial charge in [0.1, 0.15) is 6.54 Å². The number of nitrogen functional groups attached to an aromatic ring is 1. The fourth-order valence-corrected chi connectivity index (χ4v) is 4.87. The third kappa shape index (κ3) is 6.08. The van der Waals surface area contributed by atoms with E-state index in [4.69, 9.17) is 19.6 Å². The first kappa shape index (κ1) is 25.2. The van der Waals surface area contributed by atoms with E-state index in [1.807, 2.05) is 22.8 Å². The average molecular weight is 529 g/mol. The zero-order valence-corrected chi connectivity index (χ0v) is 21.0. The van der Waals surface area contributed by atoms with Gasteiger partial charge in [-0.15, -0.1) is 0 Å². The Morgan fingerprint density at radius 3 is 2.78 bits per heavy atom. The lowest BCUT2D eigenvalue weighted by Gasteiger charge is -2.21. The SMILES string of the molecule is CON(CC(=O)OP(=O)(O)OC[C@@H]1C=C[C@H](n2cnc3c(NC4CC4)nc(N)nc32)C1)c1ccccc1. The molecule has 1 saturated carbocycles. The van der Waals surface area contributed by atoms with E-state index in [-0.39, 0.29) is 24.5 Å². The molecule has 0 amide bonds. The van der Waals surface area contributed by atoms with Gasteiger partial charge in [0.05, 0.1) is 31.8 Å². The third-order valence-corrected chi connectivity index (χ3v) is 6.98. The van der Waals surface area contributed by atoms with Crippen LogP contribution in [0.1, 0.15) is 25.3 Å². The van der Waals surface area contributed by atoms with Crippen LogP contribution < -0.4 is 16.1 Å². The summed E-state index contributed by atoms with van der Waals surface area (Å²) < 4.78 is 24.1. The van der Waals surface area contributed by atoms with Gasteiger partial charge in [0.2, 0.25) is 5.95 Å². The smallest absolute Gasteiger partial charge is 0.369 e. The van der Waals surface area contributed by atoms with Crippen molar-refractivity contribution in [3.8, 4) is 0 Å². The number of imidazole rings is 1. The van der Waals surface area contributed by atoms with Gasteiger partial charge in [0, 0.05) is 12.0 Å². The van der Waals surface area contributed by atoms with Crippen molar-refractivity contribution in [1.29, 1.82) is 0 Å². The molecule has 2 heterocycles. The summed E-state index contributed by atoms with van der Waals surface area (Å²) >= 11 is 0. The summed E-state index contributed by atoms with van der Waals surface area (Å²) in [4.78, 5) is 40.6. The van der Waals surface area contributed by atoms with Crippen LogP contribution >= 0.6 is 7.82 Å². The topological polar surface area (TPSA) is 167 Å². The summed E-state index contributed by atoms with van der Waals surface area (Å²) in [5.41, 5.74) is 7.77. The van der Waals surface area contributed by atoms with Crippen LogP contribution in [0.25, 0.3) is 11.2 Å². The first-order valence-corrected chi connectivity index (χ1v) is 13.3. The molecule has 4 N–H and O–H groups in total. The molecule has 3 atom stereocenters. The molecule has 196 valence electrons. The monoisotopic (exact) mass is 529 g/mol. The zero-order valence-electron chi connectivity index (χ0n) is 20.1. The van der Waals surface area contributed by atoms with E-state index in [0.29, 0.717) is 35.1 Å². The van der Waals surface area contributed by atoms with Gasteiger partial charge in [0.15, 0.2) is 17.0 Å². The summed E-state index contributed by atoms with van der Waals surface area (Å²) in [5.74, 6) is -0.381. The summed E-state index contributed by atoms with van der Waals surface area (Å²) in [6, 6.07) is 9.08. The van der Waals surface area contributed by atoms with Crippen LogP contribution in [0.5, 0.6) is 0 Å². The summed E-state index contributed by atoms with van der Waals surface area (Å²) in [6.45, 7) is -0.505. The Bertz CT molecular complexity index is 1350. The van der Waals surface area contributed by atoms with Crippen LogP contribution in [0.4, 0.5) is 17.5 Å². The number of anilines is 3. The molecule has 37 heavy (non-hydrogen) atoms. The Morgan fingerprint density at radius 2 is 2.05 bits per heavy atom. The number of allylic oxidation sites excluding steroid dienone is 1. The number of nitrogens with zero attached hydrogens (tertiary/aromatic N) is 5. The van der Waals surface area contributed by atoms with Crippen molar-refractivity contribution >= 4 is 42.4 Å². The van der Waals surface area contributed by atoms with Crippen molar-refractivity contribution in [3.05, 3.63) is 48.8 Å². The van der Waals surface area contributed by atoms with E-state index in [1.165, 1.54) is 12.2 Å². The zero-order chi connectivity index (χ0) is 26.0. The minimum Gasteiger partial charge on any atom is -0.369 e. The van der Waals surface area contributed by atoms with Gasteiger partial charge in [-0.05, 0) is 31.4 Å². The Morgan fingerprint density at radius 1 is 1.27 bits per heavy atom. The quantitative estimate of drug-likeness (QED) is 0.189.